The average Bonchev–Trinajstić information content (AvgIpc) is 2.84. The molecule has 0 spiro atoms. The van der Waals surface area contributed by atoms with Crippen molar-refractivity contribution in [2.24, 2.45) is 5.92 Å². The van der Waals surface area contributed by atoms with Crippen LogP contribution >= 0.6 is 12.4 Å². The first-order valence-electron chi connectivity index (χ1n) is 7.13. The van der Waals surface area contributed by atoms with E-state index in [-0.39, 0.29) is 18.3 Å². The van der Waals surface area contributed by atoms with Crippen LogP contribution in [-0.2, 0) is 9.53 Å². The maximum absolute atomic E-state index is 12.2. The molecule has 0 radical (unpaired) electrons. The van der Waals surface area contributed by atoms with Gasteiger partial charge in [-0.1, -0.05) is 13.8 Å². The van der Waals surface area contributed by atoms with Crippen molar-refractivity contribution >= 4 is 18.3 Å². The summed E-state index contributed by atoms with van der Waals surface area (Å²) in [5.41, 5.74) is 0. The van der Waals surface area contributed by atoms with Crippen molar-refractivity contribution in [2.45, 2.75) is 45.6 Å². The number of nitrogens with zero attached hydrogens (tertiary/aromatic N) is 1. The fourth-order valence-corrected chi connectivity index (χ4v) is 2.42. The molecule has 0 aliphatic carbocycles. The van der Waals surface area contributed by atoms with E-state index >= 15 is 0 Å². The van der Waals surface area contributed by atoms with E-state index in [1.54, 1.807) is 7.11 Å². The molecule has 1 heterocycles. The number of nitrogens with one attached hydrogen (secondary N) is 1. The summed E-state index contributed by atoms with van der Waals surface area (Å²) < 4.78 is 5.08. The average molecular weight is 293 g/mol. The maximum atomic E-state index is 12.2. The van der Waals surface area contributed by atoms with Gasteiger partial charge in [0, 0.05) is 32.7 Å². The second-order valence-corrected chi connectivity index (χ2v) is 5.56. The van der Waals surface area contributed by atoms with Crippen LogP contribution < -0.4 is 5.32 Å². The van der Waals surface area contributed by atoms with E-state index in [2.05, 4.69) is 19.2 Å². The largest absolute Gasteiger partial charge is 0.383 e. The number of hydrogen-bond acceptors (Lipinski definition) is 3. The first kappa shape index (κ1) is 18.7. The van der Waals surface area contributed by atoms with Crippen LogP contribution in [0.5, 0.6) is 0 Å². The normalized spacial score (nSPS) is 18.4. The molecule has 1 fully saturated rings. The minimum atomic E-state index is 0. The van der Waals surface area contributed by atoms with Gasteiger partial charge in [-0.15, -0.1) is 12.4 Å². The van der Waals surface area contributed by atoms with Gasteiger partial charge in [-0.25, -0.2) is 0 Å². The highest BCUT2D eigenvalue weighted by Crippen LogP contribution is 2.12. The van der Waals surface area contributed by atoms with Crippen molar-refractivity contribution < 1.29 is 9.53 Å². The second-order valence-electron chi connectivity index (χ2n) is 5.56. The lowest BCUT2D eigenvalue weighted by molar-refractivity contribution is -0.132. The molecule has 5 heteroatoms. The lowest BCUT2D eigenvalue weighted by Crippen LogP contribution is -2.37. The predicted molar refractivity (Wildman–Crippen MR) is 80.8 cm³/mol. The van der Waals surface area contributed by atoms with E-state index in [4.69, 9.17) is 4.74 Å². The van der Waals surface area contributed by atoms with Crippen LogP contribution in [-0.4, -0.2) is 50.2 Å². The van der Waals surface area contributed by atoms with Crippen molar-refractivity contribution in [2.75, 3.05) is 33.4 Å². The Hall–Kier alpha value is -0.320. The number of carbonyl (C=O) groups is 1. The third-order valence-electron chi connectivity index (χ3n) is 3.37. The standard InChI is InChI=1S/C14H28N2O2.ClH/c1-12(2)11-16(9-10-18-3)14(17)7-6-13-5-4-8-15-13;/h12-13,15H,4-11H2,1-3H3;1H. The molecule has 1 atom stereocenters. The zero-order valence-corrected chi connectivity index (χ0v) is 13.3. The number of halogens is 1. The van der Waals surface area contributed by atoms with Gasteiger partial charge in [-0.2, -0.15) is 0 Å². The Balaban J connectivity index is 0.00000324. The summed E-state index contributed by atoms with van der Waals surface area (Å²) in [6, 6.07) is 0.553. The highest BCUT2D eigenvalue weighted by molar-refractivity contribution is 5.85. The topological polar surface area (TPSA) is 41.6 Å². The number of methoxy groups -OCH3 is 1. The first-order valence-corrected chi connectivity index (χ1v) is 7.13. The summed E-state index contributed by atoms with van der Waals surface area (Å²) in [5.74, 6) is 0.782. The van der Waals surface area contributed by atoms with Crippen molar-refractivity contribution in [3.8, 4) is 0 Å². The van der Waals surface area contributed by atoms with Crippen molar-refractivity contribution in [1.82, 2.24) is 10.2 Å². The van der Waals surface area contributed by atoms with Crippen LogP contribution in [0.3, 0.4) is 0 Å². The van der Waals surface area contributed by atoms with Gasteiger partial charge in [-0.05, 0) is 31.7 Å². The molecule has 1 N–H and O–H groups in total. The summed E-state index contributed by atoms with van der Waals surface area (Å²) in [6.07, 6.45) is 4.10. The summed E-state index contributed by atoms with van der Waals surface area (Å²) in [5, 5.41) is 3.44. The highest BCUT2D eigenvalue weighted by atomic mass is 35.5. The van der Waals surface area contributed by atoms with Gasteiger partial charge >= 0.3 is 0 Å². The molecule has 19 heavy (non-hydrogen) atoms. The van der Waals surface area contributed by atoms with E-state index in [1.165, 1.54) is 12.8 Å². The molecule has 1 unspecified atom stereocenters. The van der Waals surface area contributed by atoms with Crippen LogP contribution in [0.25, 0.3) is 0 Å². The van der Waals surface area contributed by atoms with Gasteiger partial charge in [0.15, 0.2) is 0 Å². The molecule has 1 rings (SSSR count). The van der Waals surface area contributed by atoms with Gasteiger partial charge in [0.2, 0.25) is 5.91 Å². The molecule has 0 aromatic heterocycles. The number of hydrogen-bond donors (Lipinski definition) is 1. The third-order valence-corrected chi connectivity index (χ3v) is 3.37. The Morgan fingerprint density at radius 1 is 1.47 bits per heavy atom. The zero-order chi connectivity index (χ0) is 13.4. The van der Waals surface area contributed by atoms with Gasteiger partial charge < -0.3 is 15.0 Å². The molecule has 0 aromatic rings. The molecular weight excluding hydrogens is 264 g/mol. The van der Waals surface area contributed by atoms with Gasteiger partial charge in [-0.3, -0.25) is 4.79 Å². The van der Waals surface area contributed by atoms with Crippen LogP contribution in [0.15, 0.2) is 0 Å². The fourth-order valence-electron chi connectivity index (χ4n) is 2.42. The minimum absolute atomic E-state index is 0. The Morgan fingerprint density at radius 3 is 2.74 bits per heavy atom. The predicted octanol–water partition coefficient (Wildman–Crippen LogP) is 2.07. The first-order chi connectivity index (χ1) is 8.63. The SMILES string of the molecule is COCCN(CC(C)C)C(=O)CCC1CCCN1.Cl. The van der Waals surface area contributed by atoms with Gasteiger partial charge in [0.25, 0.3) is 0 Å². The molecule has 4 nitrogen and oxygen atoms in total. The summed E-state index contributed by atoms with van der Waals surface area (Å²) >= 11 is 0. The quantitative estimate of drug-likeness (QED) is 0.745. The van der Waals surface area contributed by atoms with E-state index in [0.717, 1.165) is 19.5 Å². The molecule has 1 saturated heterocycles. The Bertz CT molecular complexity index is 244. The van der Waals surface area contributed by atoms with Crippen LogP contribution in [0, 0.1) is 5.92 Å². The molecule has 114 valence electrons. The molecular formula is C14H29ClN2O2. The van der Waals surface area contributed by atoms with Crippen molar-refractivity contribution in [1.29, 1.82) is 0 Å². The Labute approximate surface area is 123 Å². The second kappa shape index (κ2) is 10.5. The van der Waals surface area contributed by atoms with Gasteiger partial charge in [0.1, 0.15) is 0 Å². The highest BCUT2D eigenvalue weighted by Gasteiger charge is 2.19. The minimum Gasteiger partial charge on any atom is -0.383 e. The lowest BCUT2D eigenvalue weighted by Gasteiger charge is -2.25. The summed E-state index contributed by atoms with van der Waals surface area (Å²) in [6.45, 7) is 7.57. The molecule has 1 amide bonds. The van der Waals surface area contributed by atoms with E-state index in [9.17, 15) is 4.79 Å². The van der Waals surface area contributed by atoms with Crippen molar-refractivity contribution in [3.63, 3.8) is 0 Å². The van der Waals surface area contributed by atoms with Crippen LogP contribution in [0.4, 0.5) is 0 Å². The number of amides is 1. The summed E-state index contributed by atoms with van der Waals surface area (Å²) in [7, 11) is 1.68. The molecule has 1 aliphatic rings. The number of carbonyl (C=O) groups excluding carboxylic acids is 1. The van der Waals surface area contributed by atoms with E-state index in [0.29, 0.717) is 31.5 Å². The fraction of sp³-hybridized carbons (Fsp3) is 0.929. The third kappa shape index (κ3) is 7.75. The number of ether oxygens (including phenoxy) is 1. The molecule has 0 saturated carbocycles. The zero-order valence-electron chi connectivity index (χ0n) is 12.5. The molecule has 1 aliphatic heterocycles. The smallest absolute Gasteiger partial charge is 0.222 e. The van der Waals surface area contributed by atoms with Crippen molar-refractivity contribution in [3.05, 3.63) is 0 Å². The number of rotatable bonds is 8. The van der Waals surface area contributed by atoms with Crippen LogP contribution in [0.2, 0.25) is 0 Å². The Kier molecular flexibility index (Phi) is 10.3. The Morgan fingerprint density at radius 2 is 2.21 bits per heavy atom. The summed E-state index contributed by atoms with van der Waals surface area (Å²) in [4.78, 5) is 14.1. The van der Waals surface area contributed by atoms with Crippen LogP contribution in [0.1, 0.15) is 39.5 Å². The monoisotopic (exact) mass is 292 g/mol. The molecule has 0 aromatic carbocycles. The van der Waals surface area contributed by atoms with E-state index < -0.39 is 0 Å². The van der Waals surface area contributed by atoms with E-state index in [1.807, 2.05) is 4.90 Å². The van der Waals surface area contributed by atoms with Gasteiger partial charge in [0.05, 0.1) is 6.61 Å². The maximum Gasteiger partial charge on any atom is 0.222 e. The molecule has 0 bridgehead atoms. The lowest BCUT2D eigenvalue weighted by atomic mass is 10.1.